The van der Waals surface area contributed by atoms with Crippen LogP contribution >= 0.6 is 15.9 Å². The van der Waals surface area contributed by atoms with Crippen LogP contribution in [0.1, 0.15) is 18.5 Å². The van der Waals surface area contributed by atoms with E-state index in [-0.39, 0.29) is 11.8 Å². The Morgan fingerprint density at radius 3 is 2.94 bits per heavy atom. The van der Waals surface area contributed by atoms with Crippen molar-refractivity contribution in [2.24, 2.45) is 0 Å². The van der Waals surface area contributed by atoms with Crippen LogP contribution in [0.2, 0.25) is 0 Å². The molecule has 4 nitrogen and oxygen atoms in total. The lowest BCUT2D eigenvalue weighted by Crippen LogP contribution is -2.39. The van der Waals surface area contributed by atoms with Gasteiger partial charge in [0.2, 0.25) is 0 Å². The first kappa shape index (κ1) is 13.0. The summed E-state index contributed by atoms with van der Waals surface area (Å²) in [5.41, 5.74) is 0.927. The summed E-state index contributed by atoms with van der Waals surface area (Å²) in [5, 5.41) is 3.26. The number of halogens is 1. The van der Waals surface area contributed by atoms with Gasteiger partial charge in [-0.15, -0.1) is 0 Å². The molecular weight excluding hydrogens is 304 g/mol. The Kier molecular flexibility index (Phi) is 4.17. The highest BCUT2D eigenvalue weighted by atomic mass is 79.9. The van der Waals surface area contributed by atoms with Crippen molar-refractivity contribution in [3.63, 3.8) is 0 Å². The Labute approximate surface area is 110 Å². The maximum atomic E-state index is 11.5. The monoisotopic (exact) mass is 318 g/mol. The molecule has 2 heterocycles. The molecule has 1 aliphatic heterocycles. The fraction of sp³-hybridized carbons (Fsp3) is 0.545. The third-order valence-electron chi connectivity index (χ3n) is 2.82. The van der Waals surface area contributed by atoms with Gasteiger partial charge in [0, 0.05) is 23.3 Å². The number of sulfone groups is 1. The second kappa shape index (κ2) is 5.46. The minimum absolute atomic E-state index is 0.0687. The molecule has 1 N–H and O–H groups in total. The van der Waals surface area contributed by atoms with Gasteiger partial charge in [-0.25, -0.2) is 8.42 Å². The van der Waals surface area contributed by atoms with E-state index in [1.165, 1.54) is 0 Å². The van der Waals surface area contributed by atoms with Crippen LogP contribution in [-0.2, 0) is 16.4 Å². The average Bonchev–Trinajstić information content (AvgIpc) is 2.27. The van der Waals surface area contributed by atoms with Crippen molar-refractivity contribution in [3.05, 3.63) is 28.5 Å². The van der Waals surface area contributed by atoms with E-state index in [4.69, 9.17) is 0 Å². The Balaban J connectivity index is 1.88. The lowest BCUT2D eigenvalue weighted by Gasteiger charge is -2.22. The molecular formula is C11H15BrN2O2S. The molecule has 1 atom stereocenters. The van der Waals surface area contributed by atoms with E-state index in [0.29, 0.717) is 12.3 Å². The van der Waals surface area contributed by atoms with E-state index in [9.17, 15) is 8.42 Å². The molecule has 1 unspecified atom stereocenters. The minimum Gasteiger partial charge on any atom is -0.307 e. The van der Waals surface area contributed by atoms with Crippen molar-refractivity contribution in [2.75, 3.05) is 11.5 Å². The third-order valence-corrected chi connectivity index (χ3v) is 5.11. The van der Waals surface area contributed by atoms with Crippen molar-refractivity contribution in [1.82, 2.24) is 10.3 Å². The van der Waals surface area contributed by atoms with E-state index in [1.54, 1.807) is 6.20 Å². The normalized spacial score (nSPS) is 23.5. The summed E-state index contributed by atoms with van der Waals surface area (Å²) in [5.74, 6) is 0.589. The molecule has 0 saturated carbocycles. The van der Waals surface area contributed by atoms with Gasteiger partial charge in [-0.05, 0) is 40.9 Å². The predicted octanol–water partition coefficient (Wildman–Crippen LogP) is 1.51. The number of pyridine rings is 1. The molecule has 0 aliphatic carbocycles. The van der Waals surface area contributed by atoms with Crippen LogP contribution in [0.15, 0.2) is 22.8 Å². The van der Waals surface area contributed by atoms with Crippen LogP contribution in [0, 0.1) is 0 Å². The molecule has 17 heavy (non-hydrogen) atoms. The van der Waals surface area contributed by atoms with E-state index < -0.39 is 9.84 Å². The fourth-order valence-electron chi connectivity index (χ4n) is 1.94. The van der Waals surface area contributed by atoms with Crippen LogP contribution in [-0.4, -0.2) is 30.9 Å². The maximum Gasteiger partial charge on any atom is 0.151 e. The smallest absolute Gasteiger partial charge is 0.151 e. The van der Waals surface area contributed by atoms with Gasteiger partial charge < -0.3 is 5.32 Å². The Morgan fingerprint density at radius 2 is 2.29 bits per heavy atom. The van der Waals surface area contributed by atoms with Crippen LogP contribution in [0.4, 0.5) is 0 Å². The lowest BCUT2D eigenvalue weighted by molar-refractivity contribution is 0.477. The lowest BCUT2D eigenvalue weighted by atomic mass is 10.2. The molecule has 0 bridgehead atoms. The molecule has 0 radical (unpaired) electrons. The quantitative estimate of drug-likeness (QED) is 0.917. The van der Waals surface area contributed by atoms with E-state index >= 15 is 0 Å². The molecule has 6 heteroatoms. The molecule has 1 aromatic heterocycles. The number of aromatic nitrogens is 1. The van der Waals surface area contributed by atoms with Gasteiger partial charge in [0.25, 0.3) is 0 Å². The zero-order chi connectivity index (χ0) is 12.3. The molecule has 94 valence electrons. The second-order valence-electron chi connectivity index (χ2n) is 4.30. The molecule has 1 aromatic rings. The summed E-state index contributed by atoms with van der Waals surface area (Å²) >= 11 is 3.33. The van der Waals surface area contributed by atoms with Gasteiger partial charge in [0.15, 0.2) is 9.84 Å². The van der Waals surface area contributed by atoms with Crippen LogP contribution in [0.3, 0.4) is 0 Å². The number of nitrogens with one attached hydrogen (secondary N) is 1. The summed E-state index contributed by atoms with van der Waals surface area (Å²) in [6.07, 6.45) is 3.43. The largest absolute Gasteiger partial charge is 0.307 e. The van der Waals surface area contributed by atoms with Gasteiger partial charge in [0.05, 0.1) is 17.2 Å². The van der Waals surface area contributed by atoms with E-state index in [2.05, 4.69) is 26.2 Å². The van der Waals surface area contributed by atoms with E-state index in [1.807, 2.05) is 12.1 Å². The minimum atomic E-state index is -2.83. The highest BCUT2D eigenvalue weighted by molar-refractivity contribution is 9.10. The van der Waals surface area contributed by atoms with Crippen molar-refractivity contribution in [3.8, 4) is 0 Å². The predicted molar refractivity (Wildman–Crippen MR) is 70.5 cm³/mol. The molecule has 1 fully saturated rings. The first-order chi connectivity index (χ1) is 8.05. The topological polar surface area (TPSA) is 59.1 Å². The van der Waals surface area contributed by atoms with E-state index in [0.717, 1.165) is 23.0 Å². The molecule has 2 rings (SSSR count). The summed E-state index contributed by atoms with van der Waals surface area (Å²) in [4.78, 5) is 4.24. The fourth-order valence-corrected chi connectivity index (χ4v) is 3.85. The number of rotatable bonds is 3. The van der Waals surface area contributed by atoms with Gasteiger partial charge in [-0.2, -0.15) is 0 Å². The summed E-state index contributed by atoms with van der Waals surface area (Å²) in [6, 6.07) is 3.93. The maximum absolute atomic E-state index is 11.5. The summed E-state index contributed by atoms with van der Waals surface area (Å²) < 4.78 is 23.9. The summed E-state index contributed by atoms with van der Waals surface area (Å²) in [6.45, 7) is 0.619. The van der Waals surface area contributed by atoms with Gasteiger partial charge in [-0.1, -0.05) is 0 Å². The van der Waals surface area contributed by atoms with Crippen molar-refractivity contribution in [2.45, 2.75) is 25.4 Å². The molecule has 0 amide bonds. The Morgan fingerprint density at radius 1 is 1.47 bits per heavy atom. The number of nitrogens with zero attached hydrogens (tertiary/aromatic N) is 1. The first-order valence-corrected chi connectivity index (χ1v) is 8.21. The highest BCUT2D eigenvalue weighted by Crippen LogP contribution is 2.13. The zero-order valence-electron chi connectivity index (χ0n) is 9.39. The standard InChI is InChI=1S/C11H15BrN2O2S/c12-9-3-4-10(13-6-9)7-14-11-2-1-5-17(15,16)8-11/h3-4,6,11,14H,1-2,5,7-8H2. The zero-order valence-corrected chi connectivity index (χ0v) is 11.8. The van der Waals surface area contributed by atoms with Gasteiger partial charge in [0.1, 0.15) is 0 Å². The van der Waals surface area contributed by atoms with Crippen LogP contribution < -0.4 is 5.32 Å². The number of hydrogen-bond acceptors (Lipinski definition) is 4. The third kappa shape index (κ3) is 4.04. The Hall–Kier alpha value is -0.460. The first-order valence-electron chi connectivity index (χ1n) is 5.59. The average molecular weight is 319 g/mol. The second-order valence-corrected chi connectivity index (χ2v) is 7.45. The highest BCUT2D eigenvalue weighted by Gasteiger charge is 2.24. The summed E-state index contributed by atoms with van der Waals surface area (Å²) in [7, 11) is -2.83. The molecule has 1 aliphatic rings. The van der Waals surface area contributed by atoms with Crippen molar-refractivity contribution < 1.29 is 8.42 Å². The molecule has 0 spiro atoms. The number of hydrogen-bond donors (Lipinski definition) is 1. The van der Waals surface area contributed by atoms with Gasteiger partial charge >= 0.3 is 0 Å². The van der Waals surface area contributed by atoms with Crippen LogP contribution in [0.5, 0.6) is 0 Å². The van der Waals surface area contributed by atoms with Crippen molar-refractivity contribution in [1.29, 1.82) is 0 Å². The van der Waals surface area contributed by atoms with Crippen molar-refractivity contribution >= 4 is 25.8 Å². The Bertz CT molecular complexity index is 473. The van der Waals surface area contributed by atoms with Gasteiger partial charge in [-0.3, -0.25) is 4.98 Å². The molecule has 0 aromatic carbocycles. The SMILES string of the molecule is O=S1(=O)CCCC(NCc2ccc(Br)cn2)C1. The van der Waals surface area contributed by atoms with Crippen LogP contribution in [0.25, 0.3) is 0 Å². The molecule has 1 saturated heterocycles.